The summed E-state index contributed by atoms with van der Waals surface area (Å²) in [7, 11) is 0. The predicted molar refractivity (Wildman–Crippen MR) is 146 cm³/mol. The van der Waals surface area contributed by atoms with E-state index in [1.165, 1.54) is 53.2 Å². The van der Waals surface area contributed by atoms with Crippen molar-refractivity contribution in [2.75, 3.05) is 0 Å². The molecule has 0 bridgehead atoms. The maximum absolute atomic E-state index is 4.79. The second kappa shape index (κ2) is 7.47. The molecule has 7 aromatic rings. The quantitative estimate of drug-likeness (QED) is 0.262. The van der Waals surface area contributed by atoms with E-state index in [0.29, 0.717) is 0 Å². The van der Waals surface area contributed by atoms with Crippen LogP contribution in [-0.2, 0) is 0 Å². The van der Waals surface area contributed by atoms with E-state index in [-0.39, 0.29) is 0 Å². The fraction of sp³-hybridized carbons (Fsp3) is 0.0323. The van der Waals surface area contributed by atoms with Gasteiger partial charge in [-0.05, 0) is 64.7 Å². The van der Waals surface area contributed by atoms with Crippen molar-refractivity contribution in [3.8, 4) is 22.4 Å². The van der Waals surface area contributed by atoms with Crippen molar-refractivity contribution >= 4 is 53.2 Å². The first-order valence-corrected chi connectivity index (χ1v) is 12.2. The summed E-state index contributed by atoms with van der Waals surface area (Å²) >= 11 is 1.84. The van der Waals surface area contributed by atoms with Gasteiger partial charge in [-0.2, -0.15) is 0 Å². The van der Waals surface area contributed by atoms with Crippen LogP contribution in [0.5, 0.6) is 0 Å². The zero-order valence-corrected chi connectivity index (χ0v) is 19.4. The van der Waals surface area contributed by atoms with E-state index >= 15 is 0 Å². The lowest BCUT2D eigenvalue weighted by Crippen LogP contribution is -1.91. The van der Waals surface area contributed by atoms with Crippen LogP contribution < -0.4 is 0 Å². The molecule has 0 aliphatic heterocycles. The zero-order chi connectivity index (χ0) is 22.6. The third-order valence-electron chi connectivity index (χ3n) is 6.61. The van der Waals surface area contributed by atoms with Crippen LogP contribution in [-0.4, -0.2) is 9.97 Å². The summed E-state index contributed by atoms with van der Waals surface area (Å²) in [5.41, 5.74) is 6.78. The molecule has 7 rings (SSSR count). The lowest BCUT2D eigenvalue weighted by Gasteiger charge is -2.11. The molecule has 5 aromatic carbocycles. The lowest BCUT2D eigenvalue weighted by molar-refractivity contribution is 1.23. The van der Waals surface area contributed by atoms with Crippen LogP contribution in [0.1, 0.15) is 5.56 Å². The van der Waals surface area contributed by atoms with Crippen molar-refractivity contribution in [2.45, 2.75) is 6.92 Å². The Morgan fingerprint density at radius 1 is 0.618 bits per heavy atom. The molecule has 0 unspecified atom stereocenters. The first-order chi connectivity index (χ1) is 16.8. The molecule has 2 aromatic heterocycles. The van der Waals surface area contributed by atoms with Crippen LogP contribution in [0.15, 0.2) is 103 Å². The predicted octanol–water partition coefficient (Wildman–Crippen LogP) is 8.79. The number of thiophene rings is 1. The van der Waals surface area contributed by atoms with Gasteiger partial charge < -0.3 is 0 Å². The van der Waals surface area contributed by atoms with Gasteiger partial charge in [0.15, 0.2) is 0 Å². The van der Waals surface area contributed by atoms with Gasteiger partial charge in [-0.25, -0.2) is 9.97 Å². The van der Waals surface area contributed by atoms with Crippen LogP contribution in [0.3, 0.4) is 0 Å². The highest BCUT2D eigenvalue weighted by Gasteiger charge is 2.15. The van der Waals surface area contributed by atoms with Crippen LogP contribution in [0, 0.1) is 6.92 Å². The average Bonchev–Trinajstić information content (AvgIpc) is 3.26. The summed E-state index contributed by atoms with van der Waals surface area (Å²) < 4.78 is 2.59. The van der Waals surface area contributed by atoms with E-state index in [1.54, 1.807) is 6.33 Å². The van der Waals surface area contributed by atoms with E-state index in [0.717, 1.165) is 16.6 Å². The van der Waals surface area contributed by atoms with Gasteiger partial charge in [0.05, 0.1) is 11.2 Å². The molecule has 0 saturated carbocycles. The second-order valence-electron chi connectivity index (χ2n) is 8.77. The maximum Gasteiger partial charge on any atom is 0.116 e. The highest BCUT2D eigenvalue weighted by Crippen LogP contribution is 2.42. The number of aromatic nitrogens is 2. The summed E-state index contributed by atoms with van der Waals surface area (Å²) in [5.74, 6) is 0. The van der Waals surface area contributed by atoms with Gasteiger partial charge >= 0.3 is 0 Å². The smallest absolute Gasteiger partial charge is 0.116 e. The molecule has 0 saturated heterocycles. The molecule has 160 valence electrons. The lowest BCUT2D eigenvalue weighted by atomic mass is 9.96. The molecule has 0 aliphatic rings. The number of hydrogen-bond acceptors (Lipinski definition) is 3. The summed E-state index contributed by atoms with van der Waals surface area (Å²) in [6.45, 7) is 2.16. The van der Waals surface area contributed by atoms with Crippen molar-refractivity contribution in [1.29, 1.82) is 0 Å². The van der Waals surface area contributed by atoms with Crippen LogP contribution in [0.25, 0.3) is 64.2 Å². The Kier molecular flexibility index (Phi) is 4.26. The molecule has 34 heavy (non-hydrogen) atoms. The Bertz CT molecular complexity index is 1880. The van der Waals surface area contributed by atoms with Crippen LogP contribution >= 0.6 is 11.3 Å². The second-order valence-corrected chi connectivity index (χ2v) is 9.82. The molecule has 0 spiro atoms. The maximum atomic E-state index is 4.79. The van der Waals surface area contributed by atoms with Crippen LogP contribution in [0.4, 0.5) is 0 Å². The van der Waals surface area contributed by atoms with E-state index in [2.05, 4.69) is 109 Å². The third kappa shape index (κ3) is 2.94. The van der Waals surface area contributed by atoms with E-state index in [4.69, 9.17) is 4.98 Å². The highest BCUT2D eigenvalue weighted by molar-refractivity contribution is 7.26. The standard InChI is InChI=1S/C31H20N2S/c1-19-15-26-24-10-4-5-12-29(24)34-31(26)27(16-19)30-25-14-13-21(17-28(25)32-18-33-30)23-11-6-8-20-7-2-3-9-22(20)23/h2-18H,1H3. The molecule has 0 fully saturated rings. The summed E-state index contributed by atoms with van der Waals surface area (Å²) in [6.07, 6.45) is 1.70. The Hall–Kier alpha value is -4.08. The van der Waals surface area contributed by atoms with E-state index in [9.17, 15) is 0 Å². The normalized spacial score (nSPS) is 11.7. The van der Waals surface area contributed by atoms with E-state index in [1.807, 2.05) is 11.3 Å². The summed E-state index contributed by atoms with van der Waals surface area (Å²) in [6, 6.07) is 34.8. The van der Waals surface area contributed by atoms with Crippen molar-refractivity contribution < 1.29 is 0 Å². The number of fused-ring (bicyclic) bond motifs is 5. The molecular formula is C31H20N2S. The fourth-order valence-corrected chi connectivity index (χ4v) is 6.26. The van der Waals surface area contributed by atoms with Gasteiger partial charge in [0, 0.05) is 31.1 Å². The largest absolute Gasteiger partial charge is 0.236 e. The molecule has 2 heterocycles. The van der Waals surface area contributed by atoms with Gasteiger partial charge in [0.1, 0.15) is 6.33 Å². The van der Waals surface area contributed by atoms with Gasteiger partial charge in [-0.3, -0.25) is 0 Å². The zero-order valence-electron chi connectivity index (χ0n) is 18.6. The number of aryl methyl sites for hydroxylation is 1. The first-order valence-electron chi connectivity index (χ1n) is 11.4. The average molecular weight is 453 g/mol. The highest BCUT2D eigenvalue weighted by atomic mass is 32.1. The number of nitrogens with zero attached hydrogens (tertiary/aromatic N) is 2. The Balaban J connectivity index is 1.47. The SMILES string of the molecule is Cc1cc(-c2ncnc3cc(-c4cccc5ccccc45)ccc23)c2sc3ccccc3c2c1. The van der Waals surface area contributed by atoms with Crippen molar-refractivity contribution in [1.82, 2.24) is 9.97 Å². The summed E-state index contributed by atoms with van der Waals surface area (Å²) in [5, 5.41) is 6.19. The van der Waals surface area contributed by atoms with Crippen molar-refractivity contribution in [2.24, 2.45) is 0 Å². The van der Waals surface area contributed by atoms with E-state index < -0.39 is 0 Å². The van der Waals surface area contributed by atoms with Gasteiger partial charge in [-0.15, -0.1) is 11.3 Å². The van der Waals surface area contributed by atoms with Crippen molar-refractivity contribution in [3.05, 3.63) is 109 Å². The Morgan fingerprint density at radius 2 is 1.44 bits per heavy atom. The third-order valence-corrected chi connectivity index (χ3v) is 7.83. The Morgan fingerprint density at radius 3 is 2.38 bits per heavy atom. The number of rotatable bonds is 2. The molecular weight excluding hydrogens is 432 g/mol. The summed E-state index contributed by atoms with van der Waals surface area (Å²) in [4.78, 5) is 9.46. The molecule has 0 N–H and O–H groups in total. The minimum Gasteiger partial charge on any atom is -0.236 e. The van der Waals surface area contributed by atoms with Gasteiger partial charge in [-0.1, -0.05) is 66.7 Å². The molecule has 0 aliphatic carbocycles. The van der Waals surface area contributed by atoms with Crippen molar-refractivity contribution in [3.63, 3.8) is 0 Å². The van der Waals surface area contributed by atoms with Crippen LogP contribution in [0.2, 0.25) is 0 Å². The Labute approximate surface area is 201 Å². The minimum atomic E-state index is 0.964. The monoisotopic (exact) mass is 452 g/mol. The topological polar surface area (TPSA) is 25.8 Å². The van der Waals surface area contributed by atoms with Gasteiger partial charge in [0.25, 0.3) is 0 Å². The number of benzene rings is 5. The molecule has 2 nitrogen and oxygen atoms in total. The van der Waals surface area contributed by atoms with Gasteiger partial charge in [0.2, 0.25) is 0 Å². The number of hydrogen-bond donors (Lipinski definition) is 0. The molecule has 0 radical (unpaired) electrons. The minimum absolute atomic E-state index is 0.964. The first kappa shape index (κ1) is 19.4. The molecule has 0 atom stereocenters. The molecule has 0 amide bonds. The fourth-order valence-electron chi connectivity index (χ4n) is 5.06. The molecule has 3 heteroatoms.